The van der Waals surface area contributed by atoms with Crippen LogP contribution in [0.5, 0.6) is 0 Å². The van der Waals surface area contributed by atoms with Crippen molar-refractivity contribution in [3.63, 3.8) is 0 Å². The van der Waals surface area contributed by atoms with Gasteiger partial charge in [-0.15, -0.1) is 5.10 Å². The van der Waals surface area contributed by atoms with E-state index < -0.39 is 0 Å². The number of halogens is 1. The molecule has 1 saturated heterocycles. The Morgan fingerprint density at radius 1 is 1.00 bits per heavy atom. The molecule has 0 aliphatic carbocycles. The highest BCUT2D eigenvalue weighted by atomic mass is 35.5. The van der Waals surface area contributed by atoms with Crippen LogP contribution in [0.3, 0.4) is 0 Å². The number of hydrogen-bond acceptors (Lipinski definition) is 6. The van der Waals surface area contributed by atoms with Crippen LogP contribution in [0.4, 0.5) is 5.69 Å². The van der Waals surface area contributed by atoms with Gasteiger partial charge in [0.15, 0.2) is 0 Å². The van der Waals surface area contributed by atoms with Gasteiger partial charge in [-0.05, 0) is 46.8 Å². The van der Waals surface area contributed by atoms with Crippen molar-refractivity contribution in [1.29, 1.82) is 0 Å². The molecule has 154 valence electrons. The van der Waals surface area contributed by atoms with Crippen LogP contribution in [-0.4, -0.2) is 69.6 Å². The molecule has 9 nitrogen and oxygen atoms in total. The molecule has 0 atom stereocenters. The van der Waals surface area contributed by atoms with Crippen LogP contribution in [0, 0.1) is 0 Å². The average Bonchev–Trinajstić information content (AvgIpc) is 3.33. The lowest BCUT2D eigenvalue weighted by Gasteiger charge is -2.36. The predicted molar refractivity (Wildman–Crippen MR) is 112 cm³/mol. The van der Waals surface area contributed by atoms with Crippen molar-refractivity contribution >= 4 is 29.1 Å². The predicted octanol–water partition coefficient (Wildman–Crippen LogP) is 1.39. The SMILES string of the molecule is O=C(NCC(=O)N1CCN(c2ccc(Cl)cc2)CC1)c1ccccc1-n1cnnn1. The quantitative estimate of drug-likeness (QED) is 0.663. The van der Waals surface area contributed by atoms with E-state index in [4.69, 9.17) is 11.6 Å². The Morgan fingerprint density at radius 2 is 1.73 bits per heavy atom. The van der Waals surface area contributed by atoms with Gasteiger partial charge in [0.1, 0.15) is 6.33 Å². The highest BCUT2D eigenvalue weighted by molar-refractivity contribution is 6.30. The number of benzene rings is 2. The van der Waals surface area contributed by atoms with E-state index in [0.717, 1.165) is 18.8 Å². The second-order valence-corrected chi connectivity index (χ2v) is 7.23. The number of para-hydroxylation sites is 1. The van der Waals surface area contributed by atoms with Crippen molar-refractivity contribution in [2.75, 3.05) is 37.6 Å². The average molecular weight is 426 g/mol. The van der Waals surface area contributed by atoms with E-state index in [9.17, 15) is 9.59 Å². The molecule has 1 N–H and O–H groups in total. The number of piperazine rings is 1. The molecule has 0 saturated carbocycles. The van der Waals surface area contributed by atoms with E-state index in [-0.39, 0.29) is 18.4 Å². The smallest absolute Gasteiger partial charge is 0.253 e. The van der Waals surface area contributed by atoms with Gasteiger partial charge in [-0.2, -0.15) is 4.68 Å². The van der Waals surface area contributed by atoms with E-state index >= 15 is 0 Å². The first-order chi connectivity index (χ1) is 14.6. The normalized spacial score (nSPS) is 13.9. The fourth-order valence-electron chi connectivity index (χ4n) is 3.37. The summed E-state index contributed by atoms with van der Waals surface area (Å²) in [6.07, 6.45) is 1.41. The minimum Gasteiger partial charge on any atom is -0.368 e. The Kier molecular flexibility index (Phi) is 5.89. The van der Waals surface area contributed by atoms with Gasteiger partial charge in [0.2, 0.25) is 5.91 Å². The van der Waals surface area contributed by atoms with Gasteiger partial charge < -0.3 is 15.1 Å². The van der Waals surface area contributed by atoms with E-state index in [1.54, 1.807) is 29.2 Å². The van der Waals surface area contributed by atoms with Gasteiger partial charge in [0.25, 0.3) is 5.91 Å². The second kappa shape index (κ2) is 8.91. The molecular weight excluding hydrogens is 406 g/mol. The fourth-order valence-corrected chi connectivity index (χ4v) is 3.49. The number of carbonyl (C=O) groups excluding carboxylic acids is 2. The van der Waals surface area contributed by atoms with Gasteiger partial charge in [-0.1, -0.05) is 23.7 Å². The molecule has 3 aromatic rings. The second-order valence-electron chi connectivity index (χ2n) is 6.80. The highest BCUT2D eigenvalue weighted by Crippen LogP contribution is 2.19. The molecule has 0 unspecified atom stereocenters. The Morgan fingerprint density at radius 3 is 2.43 bits per heavy atom. The van der Waals surface area contributed by atoms with Crippen LogP contribution >= 0.6 is 11.6 Å². The lowest BCUT2D eigenvalue weighted by atomic mass is 10.1. The maximum Gasteiger partial charge on any atom is 0.253 e. The maximum absolute atomic E-state index is 12.6. The van der Waals surface area contributed by atoms with E-state index in [0.29, 0.717) is 29.4 Å². The number of hydrogen-bond donors (Lipinski definition) is 1. The van der Waals surface area contributed by atoms with Crippen molar-refractivity contribution in [2.45, 2.75) is 0 Å². The van der Waals surface area contributed by atoms with Crippen LogP contribution in [0.2, 0.25) is 5.02 Å². The molecule has 2 amide bonds. The number of nitrogens with zero attached hydrogens (tertiary/aromatic N) is 6. The summed E-state index contributed by atoms with van der Waals surface area (Å²) in [4.78, 5) is 29.2. The van der Waals surface area contributed by atoms with Gasteiger partial charge in [-0.25, -0.2) is 0 Å². The van der Waals surface area contributed by atoms with Crippen LogP contribution in [-0.2, 0) is 4.79 Å². The lowest BCUT2D eigenvalue weighted by Crippen LogP contribution is -2.51. The molecule has 1 aromatic heterocycles. The zero-order chi connectivity index (χ0) is 20.9. The monoisotopic (exact) mass is 425 g/mol. The molecule has 30 heavy (non-hydrogen) atoms. The van der Waals surface area contributed by atoms with Crippen molar-refractivity contribution in [2.24, 2.45) is 0 Å². The number of aromatic nitrogens is 4. The van der Waals surface area contributed by atoms with E-state index in [2.05, 4.69) is 25.7 Å². The molecule has 1 aliphatic rings. The summed E-state index contributed by atoms with van der Waals surface area (Å²) in [5, 5.41) is 14.4. The number of tetrazole rings is 1. The highest BCUT2D eigenvalue weighted by Gasteiger charge is 2.22. The molecule has 1 fully saturated rings. The summed E-state index contributed by atoms with van der Waals surface area (Å²) in [6.45, 7) is 2.58. The zero-order valence-electron chi connectivity index (χ0n) is 16.1. The summed E-state index contributed by atoms with van der Waals surface area (Å²) in [6, 6.07) is 14.6. The number of carbonyl (C=O) groups is 2. The number of anilines is 1. The Hall–Kier alpha value is -3.46. The van der Waals surface area contributed by atoms with Gasteiger partial charge in [0.05, 0.1) is 17.8 Å². The molecule has 0 radical (unpaired) electrons. The van der Waals surface area contributed by atoms with Crippen LogP contribution in [0.15, 0.2) is 54.9 Å². The Labute approximate surface area is 178 Å². The Balaban J connectivity index is 1.31. The minimum absolute atomic E-state index is 0.0658. The minimum atomic E-state index is -0.353. The molecular formula is C20H20ClN7O2. The van der Waals surface area contributed by atoms with Crippen molar-refractivity contribution in [3.05, 3.63) is 65.4 Å². The van der Waals surface area contributed by atoms with Crippen molar-refractivity contribution in [3.8, 4) is 5.69 Å². The van der Waals surface area contributed by atoms with Gasteiger partial charge >= 0.3 is 0 Å². The number of amides is 2. The van der Waals surface area contributed by atoms with Gasteiger partial charge in [-0.3, -0.25) is 9.59 Å². The topological polar surface area (TPSA) is 96.2 Å². The molecule has 10 heteroatoms. The van der Waals surface area contributed by atoms with Crippen LogP contribution in [0.1, 0.15) is 10.4 Å². The van der Waals surface area contributed by atoms with E-state index in [1.807, 2.05) is 24.3 Å². The first-order valence-electron chi connectivity index (χ1n) is 9.51. The number of nitrogens with one attached hydrogen (secondary N) is 1. The van der Waals surface area contributed by atoms with Crippen molar-refractivity contribution in [1.82, 2.24) is 30.4 Å². The lowest BCUT2D eigenvalue weighted by molar-refractivity contribution is -0.130. The largest absolute Gasteiger partial charge is 0.368 e. The van der Waals surface area contributed by atoms with Crippen molar-refractivity contribution < 1.29 is 9.59 Å². The maximum atomic E-state index is 12.6. The van der Waals surface area contributed by atoms with Crippen LogP contribution < -0.4 is 10.2 Å². The fraction of sp³-hybridized carbons (Fsp3) is 0.250. The first kappa shape index (κ1) is 19.8. The molecule has 2 aromatic carbocycles. The third-order valence-corrected chi connectivity index (χ3v) is 5.22. The zero-order valence-corrected chi connectivity index (χ0v) is 16.9. The Bertz CT molecular complexity index is 1020. The summed E-state index contributed by atoms with van der Waals surface area (Å²) in [7, 11) is 0. The standard InChI is InChI=1S/C20H20ClN7O2/c21-15-5-7-16(8-6-15)26-9-11-27(12-10-26)19(29)13-22-20(30)17-3-1-2-4-18(17)28-14-23-24-25-28/h1-8,14H,9-13H2,(H,22,30). The van der Waals surface area contributed by atoms with Crippen LogP contribution in [0.25, 0.3) is 5.69 Å². The third kappa shape index (κ3) is 4.41. The summed E-state index contributed by atoms with van der Waals surface area (Å²) >= 11 is 5.94. The van der Waals surface area contributed by atoms with Gasteiger partial charge in [0, 0.05) is 36.9 Å². The molecule has 2 heterocycles. The van der Waals surface area contributed by atoms with E-state index in [1.165, 1.54) is 11.0 Å². The third-order valence-electron chi connectivity index (χ3n) is 4.97. The number of rotatable bonds is 5. The summed E-state index contributed by atoms with van der Waals surface area (Å²) < 4.78 is 1.41. The molecule has 0 bridgehead atoms. The molecule has 1 aliphatic heterocycles. The summed E-state index contributed by atoms with van der Waals surface area (Å²) in [5.74, 6) is -0.465. The molecule has 0 spiro atoms. The summed E-state index contributed by atoms with van der Waals surface area (Å²) in [5.41, 5.74) is 2.02. The first-order valence-corrected chi connectivity index (χ1v) is 9.88. The molecule has 4 rings (SSSR count).